The molecule has 3 aromatic rings. The largest absolute Gasteiger partial charge is 0.362 e. The molecule has 3 rings (SSSR count). The minimum absolute atomic E-state index is 0.711. The van der Waals surface area contributed by atoms with Gasteiger partial charge in [-0.1, -0.05) is 0 Å². The van der Waals surface area contributed by atoms with Gasteiger partial charge in [0.15, 0.2) is 0 Å². The second kappa shape index (κ2) is 4.38. The summed E-state index contributed by atoms with van der Waals surface area (Å²) in [6, 6.07) is 2.00. The molecular weight excluding hydrogens is 252 g/mol. The highest BCUT2D eigenvalue weighted by Crippen LogP contribution is 2.25. The first-order valence-electron chi connectivity index (χ1n) is 5.16. The van der Waals surface area contributed by atoms with E-state index in [-0.39, 0.29) is 0 Å². The molecule has 4 nitrogen and oxygen atoms in total. The van der Waals surface area contributed by atoms with Gasteiger partial charge in [-0.3, -0.25) is 0 Å². The number of aryl methyl sites for hydroxylation is 1. The zero-order valence-corrected chi connectivity index (χ0v) is 10.8. The number of aromatic nitrogens is 3. The number of thiazole rings is 1. The van der Waals surface area contributed by atoms with Crippen molar-refractivity contribution in [3.63, 3.8) is 0 Å². The first-order chi connectivity index (χ1) is 8.33. The highest BCUT2D eigenvalue weighted by molar-refractivity contribution is 7.17. The number of thiophene rings is 1. The van der Waals surface area contributed by atoms with E-state index in [4.69, 9.17) is 0 Å². The Balaban J connectivity index is 1.83. The van der Waals surface area contributed by atoms with E-state index in [1.54, 1.807) is 29.0 Å². The topological polar surface area (TPSA) is 50.7 Å². The molecule has 0 atom stereocenters. The summed E-state index contributed by atoms with van der Waals surface area (Å²) in [5.41, 5.74) is 0.989. The lowest BCUT2D eigenvalue weighted by atomic mass is 10.4. The Bertz CT molecular complexity index is 644. The molecule has 0 aromatic carbocycles. The SMILES string of the molecule is Cc1cnc(CNc2ncnc3ccsc23)s1. The minimum Gasteiger partial charge on any atom is -0.362 e. The summed E-state index contributed by atoms with van der Waals surface area (Å²) in [6.07, 6.45) is 3.48. The molecule has 0 radical (unpaired) electrons. The molecule has 0 unspecified atom stereocenters. The van der Waals surface area contributed by atoms with E-state index in [1.807, 2.05) is 17.6 Å². The molecule has 0 saturated carbocycles. The Morgan fingerprint density at radius 1 is 1.29 bits per heavy atom. The molecular formula is C11H10N4S2. The van der Waals surface area contributed by atoms with Gasteiger partial charge in [-0.05, 0) is 18.4 Å². The Morgan fingerprint density at radius 2 is 2.24 bits per heavy atom. The number of hydrogen-bond acceptors (Lipinski definition) is 6. The molecule has 17 heavy (non-hydrogen) atoms. The van der Waals surface area contributed by atoms with E-state index in [0.29, 0.717) is 6.54 Å². The van der Waals surface area contributed by atoms with Crippen LogP contribution in [0, 0.1) is 6.92 Å². The third-order valence-electron chi connectivity index (χ3n) is 2.32. The van der Waals surface area contributed by atoms with Gasteiger partial charge in [-0.15, -0.1) is 22.7 Å². The minimum atomic E-state index is 0.711. The van der Waals surface area contributed by atoms with Crippen molar-refractivity contribution < 1.29 is 0 Å². The third kappa shape index (κ3) is 2.13. The molecule has 0 saturated heterocycles. The van der Waals surface area contributed by atoms with Crippen molar-refractivity contribution in [2.75, 3.05) is 5.32 Å². The fourth-order valence-corrected chi connectivity index (χ4v) is 3.10. The van der Waals surface area contributed by atoms with Gasteiger partial charge in [0.25, 0.3) is 0 Å². The van der Waals surface area contributed by atoms with Crippen LogP contribution in [-0.4, -0.2) is 15.0 Å². The van der Waals surface area contributed by atoms with Crippen molar-refractivity contribution in [3.8, 4) is 0 Å². The van der Waals surface area contributed by atoms with Crippen LogP contribution in [0.5, 0.6) is 0 Å². The zero-order valence-electron chi connectivity index (χ0n) is 9.17. The number of hydrogen-bond donors (Lipinski definition) is 1. The van der Waals surface area contributed by atoms with Crippen molar-refractivity contribution in [2.45, 2.75) is 13.5 Å². The van der Waals surface area contributed by atoms with Gasteiger partial charge in [-0.2, -0.15) is 0 Å². The molecule has 3 aromatic heterocycles. The molecule has 86 valence electrons. The van der Waals surface area contributed by atoms with Gasteiger partial charge in [0.2, 0.25) is 0 Å². The van der Waals surface area contributed by atoms with E-state index in [9.17, 15) is 0 Å². The number of rotatable bonds is 3. The molecule has 0 bridgehead atoms. The van der Waals surface area contributed by atoms with Crippen molar-refractivity contribution >= 4 is 38.7 Å². The average Bonchev–Trinajstić information content (AvgIpc) is 2.94. The van der Waals surface area contributed by atoms with Crippen LogP contribution in [0.1, 0.15) is 9.88 Å². The lowest BCUT2D eigenvalue weighted by Crippen LogP contribution is -2.01. The Hall–Kier alpha value is -1.53. The monoisotopic (exact) mass is 262 g/mol. The second-order valence-electron chi connectivity index (χ2n) is 3.58. The number of nitrogens with one attached hydrogen (secondary N) is 1. The predicted molar refractivity (Wildman–Crippen MR) is 71.6 cm³/mol. The van der Waals surface area contributed by atoms with Gasteiger partial charge >= 0.3 is 0 Å². The molecule has 0 fully saturated rings. The van der Waals surface area contributed by atoms with E-state index >= 15 is 0 Å². The van der Waals surface area contributed by atoms with E-state index < -0.39 is 0 Å². The summed E-state index contributed by atoms with van der Waals surface area (Å²) in [6.45, 7) is 2.77. The average molecular weight is 262 g/mol. The van der Waals surface area contributed by atoms with Crippen LogP contribution in [0.3, 0.4) is 0 Å². The quantitative estimate of drug-likeness (QED) is 0.788. The second-order valence-corrected chi connectivity index (χ2v) is 5.81. The fourth-order valence-electron chi connectivity index (χ4n) is 1.56. The maximum Gasteiger partial charge on any atom is 0.147 e. The van der Waals surface area contributed by atoms with E-state index in [1.165, 1.54) is 4.88 Å². The zero-order chi connectivity index (χ0) is 11.7. The van der Waals surface area contributed by atoms with Gasteiger partial charge < -0.3 is 5.32 Å². The molecule has 0 aliphatic carbocycles. The lowest BCUT2D eigenvalue weighted by molar-refractivity contribution is 1.08. The first kappa shape index (κ1) is 10.6. The highest BCUT2D eigenvalue weighted by atomic mass is 32.1. The molecule has 0 spiro atoms. The smallest absolute Gasteiger partial charge is 0.147 e. The molecule has 0 aliphatic heterocycles. The van der Waals surface area contributed by atoms with Crippen LogP contribution in [0.25, 0.3) is 10.2 Å². The summed E-state index contributed by atoms with van der Waals surface area (Å²) in [5, 5.41) is 6.41. The van der Waals surface area contributed by atoms with Crippen molar-refractivity contribution in [2.24, 2.45) is 0 Å². The lowest BCUT2D eigenvalue weighted by Gasteiger charge is -2.03. The number of anilines is 1. The van der Waals surface area contributed by atoms with Crippen LogP contribution in [0.4, 0.5) is 5.82 Å². The first-order valence-corrected chi connectivity index (χ1v) is 6.86. The molecule has 0 amide bonds. The Morgan fingerprint density at radius 3 is 3.06 bits per heavy atom. The van der Waals surface area contributed by atoms with E-state index in [2.05, 4.69) is 27.2 Å². The maximum atomic E-state index is 4.31. The van der Waals surface area contributed by atoms with E-state index in [0.717, 1.165) is 21.0 Å². The number of nitrogens with zero attached hydrogens (tertiary/aromatic N) is 3. The van der Waals surface area contributed by atoms with Crippen LogP contribution < -0.4 is 5.32 Å². The van der Waals surface area contributed by atoms with Gasteiger partial charge in [-0.25, -0.2) is 15.0 Å². The summed E-state index contributed by atoms with van der Waals surface area (Å²) in [5.74, 6) is 0.887. The standard InChI is InChI=1S/C11H10N4S2/c1-7-4-12-9(17-7)5-13-11-10-8(2-3-16-10)14-6-15-11/h2-4,6H,5H2,1H3,(H,13,14,15). The van der Waals surface area contributed by atoms with Crippen molar-refractivity contribution in [1.29, 1.82) is 0 Å². The summed E-state index contributed by atoms with van der Waals surface area (Å²) in [4.78, 5) is 14.0. The highest BCUT2D eigenvalue weighted by Gasteiger charge is 2.05. The third-order valence-corrected chi connectivity index (χ3v) is 4.14. The van der Waals surface area contributed by atoms with Crippen molar-refractivity contribution in [3.05, 3.63) is 33.9 Å². The normalized spacial score (nSPS) is 10.9. The predicted octanol–water partition coefficient (Wildman–Crippen LogP) is 3.07. The van der Waals surface area contributed by atoms with Gasteiger partial charge in [0.05, 0.1) is 16.8 Å². The molecule has 3 heterocycles. The van der Waals surface area contributed by atoms with Crippen LogP contribution in [-0.2, 0) is 6.54 Å². The van der Waals surface area contributed by atoms with Crippen LogP contribution >= 0.6 is 22.7 Å². The summed E-state index contributed by atoms with van der Waals surface area (Å²) in [7, 11) is 0. The molecule has 1 N–H and O–H groups in total. The number of fused-ring (bicyclic) bond motifs is 1. The molecule has 6 heteroatoms. The fraction of sp³-hybridized carbons (Fsp3) is 0.182. The van der Waals surface area contributed by atoms with Gasteiger partial charge in [0.1, 0.15) is 17.2 Å². The van der Waals surface area contributed by atoms with Crippen LogP contribution in [0.2, 0.25) is 0 Å². The van der Waals surface area contributed by atoms with Crippen molar-refractivity contribution in [1.82, 2.24) is 15.0 Å². The van der Waals surface area contributed by atoms with Gasteiger partial charge in [0, 0.05) is 11.1 Å². The maximum absolute atomic E-state index is 4.31. The Labute approximate surface area is 106 Å². The van der Waals surface area contributed by atoms with Crippen LogP contribution in [0.15, 0.2) is 24.0 Å². The molecule has 0 aliphatic rings. The summed E-state index contributed by atoms with van der Waals surface area (Å²) < 4.78 is 1.10. The summed E-state index contributed by atoms with van der Waals surface area (Å²) >= 11 is 3.35. The Kier molecular flexibility index (Phi) is 2.74.